The average molecular weight is 536 g/mol. The zero-order valence-corrected chi connectivity index (χ0v) is 23.5. The van der Waals surface area contributed by atoms with Gasteiger partial charge in [0.1, 0.15) is 11.4 Å². The zero-order chi connectivity index (χ0) is 24.9. The lowest BCUT2D eigenvalue weighted by molar-refractivity contribution is -0.146. The number of carbonyl (C=O) groups excluding carboxylic acids is 1. The molecule has 0 heterocycles. The van der Waals surface area contributed by atoms with Crippen LogP contribution in [0, 0.1) is 29.1 Å². The molecule has 3 rings (SSSR count). The van der Waals surface area contributed by atoms with Crippen LogP contribution in [0.4, 0.5) is 0 Å². The Hall–Kier alpha value is -0.870. The topological polar surface area (TPSA) is 46.5 Å². The Kier molecular flexibility index (Phi) is 9.71. The molecule has 3 aliphatic rings. The lowest BCUT2D eigenvalue weighted by Crippen LogP contribution is -2.36. The van der Waals surface area contributed by atoms with Gasteiger partial charge in [0, 0.05) is 6.42 Å². The molecule has 0 radical (unpaired) electrons. The molecule has 3 aliphatic carbocycles. The van der Waals surface area contributed by atoms with Crippen molar-refractivity contribution in [3.05, 3.63) is 36.0 Å². The maximum absolute atomic E-state index is 11.8. The number of fused-ring (bicyclic) bond motifs is 1. The van der Waals surface area contributed by atoms with E-state index in [0.29, 0.717) is 23.2 Å². The van der Waals surface area contributed by atoms with Crippen LogP contribution in [-0.2, 0) is 9.53 Å². The number of hydrogen-bond donors (Lipinski definition) is 1. The summed E-state index contributed by atoms with van der Waals surface area (Å²) in [5, 5.41) is 10.4. The van der Waals surface area contributed by atoms with Crippen molar-refractivity contribution < 1.29 is 14.6 Å². The van der Waals surface area contributed by atoms with Crippen molar-refractivity contribution in [2.24, 2.45) is 29.1 Å². The van der Waals surface area contributed by atoms with Crippen LogP contribution in [0.3, 0.4) is 0 Å². The van der Waals surface area contributed by atoms with E-state index in [1.807, 2.05) is 13.8 Å². The van der Waals surface area contributed by atoms with Crippen molar-refractivity contribution in [2.45, 2.75) is 110 Å². The lowest BCUT2D eigenvalue weighted by atomic mass is 9.60. The first-order chi connectivity index (χ1) is 16.1. The summed E-state index contributed by atoms with van der Waals surface area (Å²) in [5.41, 5.74) is 2.84. The van der Waals surface area contributed by atoms with E-state index in [1.54, 1.807) is 5.57 Å². The zero-order valence-electron chi connectivity index (χ0n) is 22.0. The van der Waals surface area contributed by atoms with Gasteiger partial charge in [0.2, 0.25) is 0 Å². The van der Waals surface area contributed by atoms with Gasteiger partial charge in [0.05, 0.1) is 5.60 Å². The maximum atomic E-state index is 11.8. The van der Waals surface area contributed by atoms with Crippen molar-refractivity contribution >= 4 is 21.9 Å². The van der Waals surface area contributed by atoms with Gasteiger partial charge < -0.3 is 9.84 Å². The molecule has 0 aromatic carbocycles. The molecule has 192 valence electrons. The summed E-state index contributed by atoms with van der Waals surface area (Å²) < 4.78 is 5.64. The smallest absolute Gasteiger partial charge is 0.316 e. The fraction of sp³-hybridized carbons (Fsp3) is 0.767. The second-order valence-corrected chi connectivity index (χ2v) is 12.7. The molecule has 3 nitrogen and oxygen atoms in total. The van der Waals surface area contributed by atoms with Gasteiger partial charge in [0.25, 0.3) is 0 Å². The molecule has 6 atom stereocenters. The van der Waals surface area contributed by atoms with E-state index in [1.165, 1.54) is 44.1 Å². The van der Waals surface area contributed by atoms with Crippen molar-refractivity contribution in [3.63, 3.8) is 0 Å². The minimum Gasteiger partial charge on any atom is -0.461 e. The molecule has 3 fully saturated rings. The summed E-state index contributed by atoms with van der Waals surface area (Å²) in [6.45, 7) is 12.9. The predicted octanol–water partition coefficient (Wildman–Crippen LogP) is 7.93. The van der Waals surface area contributed by atoms with Crippen LogP contribution in [0.1, 0.15) is 98.3 Å². The van der Waals surface area contributed by atoms with Crippen molar-refractivity contribution in [1.82, 2.24) is 0 Å². The number of carbonyl (C=O) groups is 1. The molecule has 0 aromatic heterocycles. The first-order valence-corrected chi connectivity index (χ1v) is 14.7. The minimum atomic E-state index is -0.552. The van der Waals surface area contributed by atoms with E-state index in [9.17, 15) is 9.90 Å². The fourth-order valence-electron chi connectivity index (χ4n) is 7.33. The second kappa shape index (κ2) is 11.9. The molecular formula is C30H47BrO3. The van der Waals surface area contributed by atoms with E-state index in [2.05, 4.69) is 54.6 Å². The van der Waals surface area contributed by atoms with Gasteiger partial charge in [-0.1, -0.05) is 72.0 Å². The fourth-order valence-corrected chi connectivity index (χ4v) is 7.46. The van der Waals surface area contributed by atoms with Crippen molar-refractivity contribution in [2.75, 3.05) is 5.33 Å². The number of esters is 1. The molecule has 0 aromatic rings. The van der Waals surface area contributed by atoms with E-state index in [4.69, 9.17) is 4.74 Å². The number of halogens is 1. The Balaban J connectivity index is 1.70. The average Bonchev–Trinajstić information content (AvgIpc) is 3.14. The molecule has 0 saturated heterocycles. The summed E-state index contributed by atoms with van der Waals surface area (Å²) in [4.78, 5) is 11.8. The summed E-state index contributed by atoms with van der Waals surface area (Å²) in [7, 11) is 0. The standard InChI is InChI=1S/C30H47BrO3/c1-6-22-13-14-25(34-28(32)20-31)19-24(22)12-11-23-10-8-18-30(5)26(15-16-27(23)30)21(2)9-7-17-29(3,4)33/h6,11-12,21-22,25-27,33H,1,7-10,13-20H2,2-5H3/b23-11?,24-12+. The maximum Gasteiger partial charge on any atom is 0.316 e. The van der Waals surface area contributed by atoms with Gasteiger partial charge in [-0.25, -0.2) is 0 Å². The molecular weight excluding hydrogens is 488 g/mol. The monoisotopic (exact) mass is 534 g/mol. The summed E-state index contributed by atoms with van der Waals surface area (Å²) in [6.07, 6.45) is 19.3. The number of alkyl halides is 1. The van der Waals surface area contributed by atoms with Gasteiger partial charge in [-0.3, -0.25) is 4.79 Å². The van der Waals surface area contributed by atoms with E-state index in [-0.39, 0.29) is 17.4 Å². The first-order valence-electron chi connectivity index (χ1n) is 13.6. The minimum absolute atomic E-state index is 0.0110. The molecule has 4 heteroatoms. The molecule has 1 N–H and O–H groups in total. The summed E-state index contributed by atoms with van der Waals surface area (Å²) in [5.74, 6) is 2.39. The third kappa shape index (κ3) is 6.87. The van der Waals surface area contributed by atoms with Gasteiger partial charge in [-0.2, -0.15) is 0 Å². The Morgan fingerprint density at radius 2 is 2.00 bits per heavy atom. The Morgan fingerprint density at radius 1 is 1.26 bits per heavy atom. The van der Waals surface area contributed by atoms with Crippen LogP contribution in [0.2, 0.25) is 0 Å². The van der Waals surface area contributed by atoms with Crippen LogP contribution in [0.15, 0.2) is 36.0 Å². The largest absolute Gasteiger partial charge is 0.461 e. The Labute approximate surface area is 216 Å². The number of allylic oxidation sites excluding steroid dienone is 4. The first kappa shape index (κ1) is 27.7. The molecule has 6 unspecified atom stereocenters. The van der Waals surface area contributed by atoms with E-state index < -0.39 is 5.60 Å². The lowest BCUT2D eigenvalue weighted by Gasteiger charge is -2.44. The molecule has 0 amide bonds. The SMILES string of the molecule is C=CC1CCC(OC(=O)CBr)C/C1=C\C=C1CCCC2(C)C1CCC2C(C)CCCC(C)(C)O. The highest BCUT2D eigenvalue weighted by atomic mass is 79.9. The van der Waals surface area contributed by atoms with Crippen molar-refractivity contribution in [3.8, 4) is 0 Å². The van der Waals surface area contributed by atoms with Gasteiger partial charge >= 0.3 is 5.97 Å². The highest BCUT2D eigenvalue weighted by Crippen LogP contribution is 2.60. The normalized spacial score (nSPS) is 35.2. The van der Waals surface area contributed by atoms with Crippen LogP contribution in [-0.4, -0.2) is 28.1 Å². The Bertz CT molecular complexity index is 776. The van der Waals surface area contributed by atoms with Crippen molar-refractivity contribution in [1.29, 1.82) is 0 Å². The van der Waals surface area contributed by atoms with E-state index in [0.717, 1.165) is 38.0 Å². The highest BCUT2D eigenvalue weighted by molar-refractivity contribution is 9.09. The third-order valence-corrected chi connectivity index (χ3v) is 9.57. The molecule has 3 saturated carbocycles. The summed E-state index contributed by atoms with van der Waals surface area (Å²) in [6, 6.07) is 0. The van der Waals surface area contributed by atoms with Crippen LogP contribution >= 0.6 is 15.9 Å². The predicted molar refractivity (Wildman–Crippen MR) is 145 cm³/mol. The van der Waals surface area contributed by atoms with Crippen LogP contribution < -0.4 is 0 Å². The van der Waals surface area contributed by atoms with Crippen LogP contribution in [0.5, 0.6) is 0 Å². The molecule has 34 heavy (non-hydrogen) atoms. The van der Waals surface area contributed by atoms with Gasteiger partial charge in [-0.05, 0) is 94.3 Å². The second-order valence-electron chi connectivity index (χ2n) is 12.1. The third-order valence-electron chi connectivity index (χ3n) is 9.12. The van der Waals surface area contributed by atoms with Crippen LogP contribution in [0.25, 0.3) is 0 Å². The highest BCUT2D eigenvalue weighted by Gasteiger charge is 2.50. The van der Waals surface area contributed by atoms with Gasteiger partial charge in [-0.15, -0.1) is 6.58 Å². The van der Waals surface area contributed by atoms with Gasteiger partial charge in [0.15, 0.2) is 0 Å². The number of ether oxygens (including phenoxy) is 1. The Morgan fingerprint density at radius 3 is 2.68 bits per heavy atom. The molecule has 0 bridgehead atoms. The number of hydrogen-bond acceptors (Lipinski definition) is 3. The molecule has 0 aliphatic heterocycles. The quantitative estimate of drug-likeness (QED) is 0.185. The van der Waals surface area contributed by atoms with E-state index >= 15 is 0 Å². The summed E-state index contributed by atoms with van der Waals surface area (Å²) >= 11 is 3.21. The number of aliphatic hydroxyl groups is 1. The molecule has 0 spiro atoms. The number of rotatable bonds is 9.